The van der Waals surface area contributed by atoms with Gasteiger partial charge in [0, 0.05) is 17.1 Å². The molecule has 31 heavy (non-hydrogen) atoms. The zero-order valence-electron chi connectivity index (χ0n) is 16.6. The predicted molar refractivity (Wildman–Crippen MR) is 121 cm³/mol. The average Bonchev–Trinajstić information content (AvgIpc) is 2.79. The molecular formula is C23H23NO5S2. The first kappa shape index (κ1) is 23.0. The van der Waals surface area contributed by atoms with Crippen LogP contribution in [0.15, 0.2) is 94.7 Å². The van der Waals surface area contributed by atoms with Crippen molar-refractivity contribution >= 4 is 27.6 Å². The first-order chi connectivity index (χ1) is 14.7. The third-order valence-electron chi connectivity index (χ3n) is 4.84. The van der Waals surface area contributed by atoms with Gasteiger partial charge in [-0.15, -0.1) is 11.8 Å². The summed E-state index contributed by atoms with van der Waals surface area (Å²) in [5.41, 5.74) is 7.60. The molecule has 4 N–H and O–H groups in total. The molecule has 6 nitrogen and oxygen atoms in total. The summed E-state index contributed by atoms with van der Waals surface area (Å²) in [7, 11) is -4.47. The van der Waals surface area contributed by atoms with Crippen molar-refractivity contribution in [2.45, 2.75) is 27.2 Å². The van der Waals surface area contributed by atoms with Crippen molar-refractivity contribution in [3.63, 3.8) is 0 Å². The average molecular weight is 458 g/mol. The van der Waals surface area contributed by atoms with Crippen LogP contribution in [0.2, 0.25) is 0 Å². The molecule has 0 saturated heterocycles. The van der Waals surface area contributed by atoms with E-state index in [9.17, 15) is 23.4 Å². The molecule has 2 atom stereocenters. The molecule has 0 heterocycles. The standard InChI is InChI=1S/C23H23NO5S2/c24-23(22(26)27,15-19(25)16-30-20-9-5-2-6-10-20)31(28,29)21-13-11-18(12-14-21)17-7-3-1-4-8-17/h1-14,19,25H,15-16,24H2,(H,26,27). The van der Waals surface area contributed by atoms with Crippen molar-refractivity contribution in [2.24, 2.45) is 5.73 Å². The highest BCUT2D eigenvalue weighted by Gasteiger charge is 2.49. The van der Waals surface area contributed by atoms with Gasteiger partial charge in [-0.2, -0.15) is 0 Å². The lowest BCUT2D eigenvalue weighted by Crippen LogP contribution is -2.56. The van der Waals surface area contributed by atoms with Crippen molar-refractivity contribution in [1.82, 2.24) is 0 Å². The largest absolute Gasteiger partial charge is 0.479 e. The Balaban J connectivity index is 1.80. The van der Waals surface area contributed by atoms with Gasteiger partial charge in [0.15, 0.2) is 0 Å². The van der Waals surface area contributed by atoms with Gasteiger partial charge in [0.2, 0.25) is 14.7 Å². The van der Waals surface area contributed by atoms with Crippen molar-refractivity contribution in [3.05, 3.63) is 84.9 Å². The molecular weight excluding hydrogens is 434 g/mol. The number of rotatable bonds is 9. The van der Waals surface area contributed by atoms with Gasteiger partial charge >= 0.3 is 5.97 Å². The lowest BCUT2D eigenvalue weighted by atomic mass is 10.1. The first-order valence-corrected chi connectivity index (χ1v) is 12.0. The molecule has 8 heteroatoms. The molecule has 0 aromatic heterocycles. The lowest BCUT2D eigenvalue weighted by molar-refractivity contribution is -0.140. The number of sulfone groups is 1. The van der Waals surface area contributed by atoms with E-state index < -0.39 is 33.2 Å². The van der Waals surface area contributed by atoms with E-state index in [1.807, 2.05) is 60.7 Å². The number of aliphatic hydroxyl groups is 1. The van der Waals surface area contributed by atoms with Crippen LogP contribution in [-0.2, 0) is 14.6 Å². The normalized spacial score (nSPS) is 14.5. The summed E-state index contributed by atoms with van der Waals surface area (Å²) in [6.07, 6.45) is -1.87. The van der Waals surface area contributed by atoms with Crippen LogP contribution < -0.4 is 5.73 Å². The quantitative estimate of drug-likeness (QED) is 0.422. The molecule has 0 aliphatic rings. The first-order valence-electron chi connectivity index (χ1n) is 9.52. The maximum atomic E-state index is 13.1. The second kappa shape index (κ2) is 9.65. The Labute approximate surface area is 185 Å². The molecule has 0 bridgehead atoms. The topological polar surface area (TPSA) is 118 Å². The Kier molecular flexibility index (Phi) is 7.17. The number of thioether (sulfide) groups is 1. The Morgan fingerprint density at radius 1 is 0.903 bits per heavy atom. The molecule has 3 aromatic carbocycles. The van der Waals surface area contributed by atoms with Crippen LogP contribution in [0, 0.1) is 0 Å². The molecule has 0 aliphatic carbocycles. The maximum absolute atomic E-state index is 13.1. The third-order valence-corrected chi connectivity index (χ3v) is 8.19. The molecule has 0 saturated carbocycles. The van der Waals surface area contributed by atoms with Crippen LogP contribution >= 0.6 is 11.8 Å². The second-order valence-corrected chi connectivity index (χ2v) is 10.4. The number of carboxylic acids is 1. The summed E-state index contributed by atoms with van der Waals surface area (Å²) in [5, 5.41) is 20.0. The molecule has 162 valence electrons. The Morgan fingerprint density at radius 2 is 1.42 bits per heavy atom. The van der Waals surface area contributed by atoms with E-state index in [0.717, 1.165) is 16.0 Å². The van der Waals surface area contributed by atoms with Gasteiger partial charge in [0.25, 0.3) is 0 Å². The minimum atomic E-state index is -4.47. The van der Waals surface area contributed by atoms with Gasteiger partial charge in [-0.25, -0.2) is 13.2 Å². The molecule has 0 fully saturated rings. The zero-order chi connectivity index (χ0) is 22.5. The number of carbonyl (C=O) groups is 1. The van der Waals surface area contributed by atoms with E-state index in [1.165, 1.54) is 23.9 Å². The molecule has 3 aromatic rings. The lowest BCUT2D eigenvalue weighted by Gasteiger charge is -2.27. The smallest absolute Gasteiger partial charge is 0.340 e. The number of aliphatic hydroxyl groups excluding tert-OH is 1. The maximum Gasteiger partial charge on any atom is 0.340 e. The van der Waals surface area contributed by atoms with Gasteiger partial charge in [0.05, 0.1) is 11.0 Å². The van der Waals surface area contributed by atoms with Crippen molar-refractivity contribution in [3.8, 4) is 11.1 Å². The third kappa shape index (κ3) is 5.16. The van der Waals surface area contributed by atoms with E-state index in [-0.39, 0.29) is 10.6 Å². The van der Waals surface area contributed by atoms with Gasteiger partial charge in [-0.1, -0.05) is 60.7 Å². The highest BCUT2D eigenvalue weighted by atomic mass is 32.2. The fraction of sp³-hybridized carbons (Fsp3) is 0.174. The summed E-state index contributed by atoms with van der Waals surface area (Å²) >= 11 is 1.29. The highest BCUT2D eigenvalue weighted by molar-refractivity contribution is 7.99. The number of nitrogens with two attached hydrogens (primary N) is 1. The second-order valence-electron chi connectivity index (χ2n) is 7.07. The van der Waals surface area contributed by atoms with E-state index in [2.05, 4.69) is 0 Å². The summed E-state index contributed by atoms with van der Waals surface area (Å²) in [6, 6.07) is 24.5. The molecule has 0 spiro atoms. The fourth-order valence-corrected chi connectivity index (χ4v) is 5.51. The van der Waals surface area contributed by atoms with E-state index in [0.29, 0.717) is 0 Å². The number of aliphatic carboxylic acids is 1. The van der Waals surface area contributed by atoms with Crippen LogP contribution in [0.3, 0.4) is 0 Å². The Bertz CT molecular complexity index is 1120. The van der Waals surface area contributed by atoms with Crippen LogP contribution in [0.4, 0.5) is 0 Å². The van der Waals surface area contributed by atoms with E-state index in [4.69, 9.17) is 5.73 Å². The van der Waals surface area contributed by atoms with Crippen molar-refractivity contribution in [2.75, 3.05) is 5.75 Å². The number of benzene rings is 3. The Morgan fingerprint density at radius 3 is 1.97 bits per heavy atom. The summed E-state index contributed by atoms with van der Waals surface area (Å²) in [6.45, 7) is 0. The minimum absolute atomic E-state index is 0.110. The van der Waals surface area contributed by atoms with Gasteiger partial charge < -0.3 is 15.9 Å². The van der Waals surface area contributed by atoms with Crippen LogP contribution in [0.25, 0.3) is 11.1 Å². The number of carboxylic acid groups (broad SMARTS) is 1. The Hall–Kier alpha value is -2.65. The summed E-state index contributed by atoms with van der Waals surface area (Å²) < 4.78 is 26.3. The molecule has 0 radical (unpaired) electrons. The highest BCUT2D eigenvalue weighted by Crippen LogP contribution is 2.30. The summed E-state index contributed by atoms with van der Waals surface area (Å²) in [4.78, 5) is 9.93. The van der Waals surface area contributed by atoms with Crippen molar-refractivity contribution < 1.29 is 23.4 Å². The van der Waals surface area contributed by atoms with Crippen molar-refractivity contribution in [1.29, 1.82) is 0 Å². The SMILES string of the molecule is NC(CC(O)CSc1ccccc1)(C(=O)O)S(=O)(=O)c1ccc(-c2ccccc2)cc1. The van der Waals surface area contributed by atoms with Crippen LogP contribution in [0.1, 0.15) is 6.42 Å². The molecule has 2 unspecified atom stereocenters. The fourth-order valence-electron chi connectivity index (χ4n) is 3.10. The van der Waals surface area contributed by atoms with E-state index >= 15 is 0 Å². The summed E-state index contributed by atoms with van der Waals surface area (Å²) in [5.74, 6) is -1.60. The molecule has 3 rings (SSSR count). The minimum Gasteiger partial charge on any atom is -0.479 e. The van der Waals surface area contributed by atoms with Crippen LogP contribution in [0.5, 0.6) is 0 Å². The number of hydrogen-bond donors (Lipinski definition) is 3. The monoisotopic (exact) mass is 457 g/mol. The molecule has 0 aliphatic heterocycles. The predicted octanol–water partition coefficient (Wildman–Crippen LogP) is 3.41. The van der Waals surface area contributed by atoms with Gasteiger partial charge in [-0.05, 0) is 35.4 Å². The van der Waals surface area contributed by atoms with E-state index in [1.54, 1.807) is 12.1 Å². The van der Waals surface area contributed by atoms with Gasteiger partial charge in [0.1, 0.15) is 0 Å². The number of hydrogen-bond acceptors (Lipinski definition) is 6. The van der Waals surface area contributed by atoms with Crippen LogP contribution in [-0.4, -0.2) is 41.3 Å². The zero-order valence-corrected chi connectivity index (χ0v) is 18.2. The molecule has 0 amide bonds. The van der Waals surface area contributed by atoms with Gasteiger partial charge in [-0.3, -0.25) is 0 Å².